The van der Waals surface area contributed by atoms with Crippen molar-refractivity contribution in [3.05, 3.63) is 0 Å². The van der Waals surface area contributed by atoms with Gasteiger partial charge in [0, 0.05) is 6.42 Å². The van der Waals surface area contributed by atoms with Crippen LogP contribution in [0.3, 0.4) is 0 Å². The van der Waals surface area contributed by atoms with Crippen molar-refractivity contribution < 1.29 is 24.5 Å². The molecule has 6 heteroatoms. The number of aliphatic hydroxyl groups excluding tert-OH is 2. The molecule has 0 unspecified atom stereocenters. The third-order valence-electron chi connectivity index (χ3n) is 1.67. The summed E-state index contributed by atoms with van der Waals surface area (Å²) in [5, 5.41) is 19.7. The van der Waals surface area contributed by atoms with E-state index in [9.17, 15) is 9.59 Å². The number of carbonyl (C=O) groups excluding carboxylic acids is 2. The lowest BCUT2D eigenvalue weighted by atomic mass is 10.2. The van der Waals surface area contributed by atoms with Gasteiger partial charge in [-0.2, -0.15) is 0 Å². The lowest BCUT2D eigenvalue weighted by Crippen LogP contribution is -2.40. The minimum atomic E-state index is -0.667. The van der Waals surface area contributed by atoms with Crippen LogP contribution in [0, 0.1) is 0 Å². The molecule has 0 saturated carbocycles. The van der Waals surface area contributed by atoms with Gasteiger partial charge in [0.1, 0.15) is 0 Å². The van der Waals surface area contributed by atoms with E-state index in [0.29, 0.717) is 0 Å². The summed E-state index contributed by atoms with van der Waals surface area (Å²) in [6, 6.07) is -0.667. The molecule has 88 valence electrons. The SMILES string of the molecule is CCOC(=O)CCC(=O)NC(CO)CO. The van der Waals surface area contributed by atoms with Crippen LogP contribution < -0.4 is 5.32 Å². The Bertz CT molecular complexity index is 203. The van der Waals surface area contributed by atoms with E-state index in [1.807, 2.05) is 0 Å². The summed E-state index contributed by atoms with van der Waals surface area (Å²) in [5.74, 6) is -0.826. The standard InChI is InChI=1S/C9H17NO5/c1-2-15-9(14)4-3-8(13)10-7(5-11)6-12/h7,11-12H,2-6H2,1H3,(H,10,13). The van der Waals surface area contributed by atoms with E-state index in [0.717, 1.165) is 0 Å². The zero-order chi connectivity index (χ0) is 11.7. The molecule has 0 saturated heterocycles. The smallest absolute Gasteiger partial charge is 0.306 e. The number of amides is 1. The van der Waals surface area contributed by atoms with Gasteiger partial charge in [0.2, 0.25) is 5.91 Å². The summed E-state index contributed by atoms with van der Waals surface area (Å²) in [6.45, 7) is 1.31. The Hall–Kier alpha value is -1.14. The minimum Gasteiger partial charge on any atom is -0.466 e. The first-order chi connectivity index (χ1) is 7.13. The molecule has 3 N–H and O–H groups in total. The molecule has 0 radical (unpaired) electrons. The highest BCUT2D eigenvalue weighted by atomic mass is 16.5. The van der Waals surface area contributed by atoms with Gasteiger partial charge in [-0.3, -0.25) is 9.59 Å². The Balaban J connectivity index is 3.69. The molecule has 6 nitrogen and oxygen atoms in total. The third kappa shape index (κ3) is 6.87. The van der Waals surface area contributed by atoms with Crippen LogP contribution in [0.15, 0.2) is 0 Å². The van der Waals surface area contributed by atoms with E-state index in [1.54, 1.807) is 6.92 Å². The maximum Gasteiger partial charge on any atom is 0.306 e. The van der Waals surface area contributed by atoms with Gasteiger partial charge in [0.15, 0.2) is 0 Å². The van der Waals surface area contributed by atoms with Gasteiger partial charge in [0.25, 0.3) is 0 Å². The molecular weight excluding hydrogens is 202 g/mol. The van der Waals surface area contributed by atoms with Crippen LogP contribution in [-0.2, 0) is 14.3 Å². The van der Waals surface area contributed by atoms with Crippen LogP contribution in [0.2, 0.25) is 0 Å². The van der Waals surface area contributed by atoms with Gasteiger partial charge >= 0.3 is 5.97 Å². The second kappa shape index (κ2) is 8.19. The molecule has 15 heavy (non-hydrogen) atoms. The number of rotatable bonds is 7. The summed E-state index contributed by atoms with van der Waals surface area (Å²) >= 11 is 0. The van der Waals surface area contributed by atoms with Crippen molar-refractivity contribution >= 4 is 11.9 Å². The Morgan fingerprint density at radius 1 is 1.27 bits per heavy atom. The highest BCUT2D eigenvalue weighted by Gasteiger charge is 2.11. The molecule has 0 spiro atoms. The highest BCUT2D eigenvalue weighted by molar-refractivity contribution is 5.81. The van der Waals surface area contributed by atoms with Crippen molar-refractivity contribution in [1.82, 2.24) is 5.32 Å². The fourth-order valence-corrected chi connectivity index (χ4v) is 0.898. The molecule has 0 aliphatic heterocycles. The number of nitrogens with one attached hydrogen (secondary N) is 1. The van der Waals surface area contributed by atoms with E-state index in [4.69, 9.17) is 10.2 Å². The Morgan fingerprint density at radius 3 is 2.33 bits per heavy atom. The average Bonchev–Trinajstić information content (AvgIpc) is 2.23. The molecule has 0 aliphatic carbocycles. The van der Waals surface area contributed by atoms with Crippen molar-refractivity contribution in [3.8, 4) is 0 Å². The number of esters is 1. The average molecular weight is 219 g/mol. The molecule has 0 fully saturated rings. The predicted molar refractivity (Wildman–Crippen MR) is 52.0 cm³/mol. The van der Waals surface area contributed by atoms with Crippen molar-refractivity contribution in [2.75, 3.05) is 19.8 Å². The number of carbonyl (C=O) groups is 2. The van der Waals surface area contributed by atoms with E-state index in [1.165, 1.54) is 0 Å². The topological polar surface area (TPSA) is 95.9 Å². The summed E-state index contributed by atoms with van der Waals surface area (Å²) in [4.78, 5) is 22.0. The Labute approximate surface area is 88.2 Å². The molecule has 0 rings (SSSR count). The number of hydrogen-bond donors (Lipinski definition) is 3. The van der Waals surface area contributed by atoms with Gasteiger partial charge in [-0.05, 0) is 6.92 Å². The minimum absolute atomic E-state index is 0.00322. The number of aliphatic hydroxyl groups is 2. The quantitative estimate of drug-likeness (QED) is 0.467. The summed E-state index contributed by atoms with van der Waals surface area (Å²) in [5.41, 5.74) is 0. The van der Waals surface area contributed by atoms with Gasteiger partial charge in [0.05, 0.1) is 32.3 Å². The van der Waals surface area contributed by atoms with E-state index in [2.05, 4.69) is 10.1 Å². The van der Waals surface area contributed by atoms with Gasteiger partial charge < -0.3 is 20.3 Å². The lowest BCUT2D eigenvalue weighted by Gasteiger charge is -2.12. The first-order valence-electron chi connectivity index (χ1n) is 4.80. The molecule has 0 aromatic rings. The number of hydrogen-bond acceptors (Lipinski definition) is 5. The molecule has 0 aromatic heterocycles. The van der Waals surface area contributed by atoms with Crippen LogP contribution in [0.25, 0.3) is 0 Å². The van der Waals surface area contributed by atoms with Crippen LogP contribution in [0.4, 0.5) is 0 Å². The molecule has 0 atom stereocenters. The highest BCUT2D eigenvalue weighted by Crippen LogP contribution is 1.94. The van der Waals surface area contributed by atoms with Gasteiger partial charge in [-0.1, -0.05) is 0 Å². The molecular formula is C9H17NO5. The summed E-state index contributed by atoms with van der Waals surface area (Å²) in [7, 11) is 0. The van der Waals surface area contributed by atoms with Crippen LogP contribution in [0.5, 0.6) is 0 Å². The molecule has 0 aromatic carbocycles. The molecule has 1 amide bonds. The van der Waals surface area contributed by atoms with Crippen LogP contribution in [0.1, 0.15) is 19.8 Å². The Kier molecular flexibility index (Phi) is 7.57. The van der Waals surface area contributed by atoms with Crippen LogP contribution >= 0.6 is 0 Å². The largest absolute Gasteiger partial charge is 0.466 e. The second-order valence-corrected chi connectivity index (χ2v) is 2.93. The fourth-order valence-electron chi connectivity index (χ4n) is 0.898. The van der Waals surface area contributed by atoms with Crippen molar-refractivity contribution in [3.63, 3.8) is 0 Å². The third-order valence-corrected chi connectivity index (χ3v) is 1.67. The van der Waals surface area contributed by atoms with Crippen molar-refractivity contribution in [2.24, 2.45) is 0 Å². The maximum absolute atomic E-state index is 11.1. The van der Waals surface area contributed by atoms with Gasteiger partial charge in [-0.25, -0.2) is 0 Å². The predicted octanol–water partition coefficient (Wildman–Crippen LogP) is -1.20. The maximum atomic E-state index is 11.1. The first-order valence-corrected chi connectivity index (χ1v) is 4.80. The molecule has 0 bridgehead atoms. The first kappa shape index (κ1) is 13.9. The van der Waals surface area contributed by atoms with E-state index >= 15 is 0 Å². The Morgan fingerprint density at radius 2 is 1.87 bits per heavy atom. The van der Waals surface area contributed by atoms with Crippen LogP contribution in [-0.4, -0.2) is 48.0 Å². The van der Waals surface area contributed by atoms with Gasteiger partial charge in [-0.15, -0.1) is 0 Å². The normalized spacial score (nSPS) is 10.1. The van der Waals surface area contributed by atoms with Crippen molar-refractivity contribution in [2.45, 2.75) is 25.8 Å². The zero-order valence-corrected chi connectivity index (χ0v) is 8.73. The lowest BCUT2D eigenvalue weighted by molar-refractivity contribution is -0.144. The van der Waals surface area contributed by atoms with E-state index in [-0.39, 0.29) is 32.7 Å². The summed E-state index contributed by atoms with van der Waals surface area (Å²) in [6.07, 6.45) is -0.00140. The molecule has 0 heterocycles. The zero-order valence-electron chi connectivity index (χ0n) is 8.73. The van der Waals surface area contributed by atoms with E-state index < -0.39 is 17.9 Å². The number of ether oxygens (including phenoxy) is 1. The monoisotopic (exact) mass is 219 g/mol. The fraction of sp³-hybridized carbons (Fsp3) is 0.778. The molecule has 0 aliphatic rings. The second-order valence-electron chi connectivity index (χ2n) is 2.93. The van der Waals surface area contributed by atoms with Crippen molar-refractivity contribution in [1.29, 1.82) is 0 Å². The summed E-state index contributed by atoms with van der Waals surface area (Å²) < 4.78 is 4.63.